The number of aromatic nitrogens is 5. The van der Waals surface area contributed by atoms with Gasteiger partial charge in [-0.1, -0.05) is 40.2 Å². The number of benzene rings is 1. The third kappa shape index (κ3) is 5.51. The number of likely N-dealkylation sites (tertiary alicyclic amines) is 1. The van der Waals surface area contributed by atoms with E-state index in [0.29, 0.717) is 58.3 Å². The molecule has 0 atom stereocenters. The molecule has 1 aliphatic rings. The number of aryl methyl sites for hydroxylation is 2. The number of thioether (sulfide) groups is 1. The Balaban J connectivity index is 1.66. The Labute approximate surface area is 211 Å². The summed E-state index contributed by atoms with van der Waals surface area (Å²) in [5.74, 6) is -0.454. The van der Waals surface area contributed by atoms with Crippen molar-refractivity contribution in [3.63, 3.8) is 0 Å². The standard InChI is InChI=1S/C22H23Cl2N7O2S/c1-12-7-13(2)27-22(26-12)34-11-18-19(21(33)30-5-3-14(4-6-30)20(25)32)28-29-31(18)17-9-15(23)8-16(24)10-17/h7-10,14H,3-6,11H2,1-2H3,(H2,25,32). The maximum atomic E-state index is 13.4. The average molecular weight is 520 g/mol. The molecule has 0 aliphatic carbocycles. The predicted molar refractivity (Wildman–Crippen MR) is 130 cm³/mol. The number of nitrogens with two attached hydrogens (primary N) is 1. The zero-order valence-corrected chi connectivity index (χ0v) is 21.0. The third-order valence-electron chi connectivity index (χ3n) is 5.54. The highest BCUT2D eigenvalue weighted by Gasteiger charge is 2.30. The molecule has 1 fully saturated rings. The summed E-state index contributed by atoms with van der Waals surface area (Å²) in [6.45, 7) is 4.66. The molecule has 12 heteroatoms. The maximum absolute atomic E-state index is 13.4. The summed E-state index contributed by atoms with van der Waals surface area (Å²) in [7, 11) is 0. The minimum Gasteiger partial charge on any atom is -0.369 e. The molecule has 1 aromatic carbocycles. The Morgan fingerprint density at radius 1 is 1.06 bits per heavy atom. The maximum Gasteiger partial charge on any atom is 0.276 e. The lowest BCUT2D eigenvalue weighted by atomic mass is 9.96. The smallest absolute Gasteiger partial charge is 0.276 e. The molecule has 34 heavy (non-hydrogen) atoms. The van der Waals surface area contributed by atoms with Gasteiger partial charge in [-0.15, -0.1) is 5.10 Å². The Bertz CT molecular complexity index is 1200. The number of hydrogen-bond acceptors (Lipinski definition) is 7. The largest absolute Gasteiger partial charge is 0.369 e. The Kier molecular flexibility index (Phi) is 7.39. The number of primary amides is 1. The number of amides is 2. The van der Waals surface area contributed by atoms with E-state index in [-0.39, 0.29) is 23.4 Å². The molecule has 0 bridgehead atoms. The van der Waals surface area contributed by atoms with Crippen LogP contribution in [0.1, 0.15) is 40.4 Å². The van der Waals surface area contributed by atoms with Crippen LogP contribution in [0.15, 0.2) is 29.4 Å². The van der Waals surface area contributed by atoms with E-state index >= 15 is 0 Å². The lowest BCUT2D eigenvalue weighted by Crippen LogP contribution is -2.42. The second kappa shape index (κ2) is 10.3. The second-order valence-electron chi connectivity index (χ2n) is 8.11. The van der Waals surface area contributed by atoms with E-state index in [2.05, 4.69) is 20.3 Å². The SMILES string of the molecule is Cc1cc(C)nc(SCc2c(C(=O)N3CCC(C(N)=O)CC3)nnn2-c2cc(Cl)cc(Cl)c2)n1. The van der Waals surface area contributed by atoms with E-state index in [1.807, 2.05) is 19.9 Å². The van der Waals surface area contributed by atoms with Gasteiger partial charge in [0.1, 0.15) is 0 Å². The minimum absolute atomic E-state index is 0.218. The zero-order valence-electron chi connectivity index (χ0n) is 18.7. The first kappa shape index (κ1) is 24.4. The number of halogens is 2. The molecule has 178 valence electrons. The van der Waals surface area contributed by atoms with Crippen molar-refractivity contribution in [3.05, 3.63) is 57.1 Å². The first-order chi connectivity index (χ1) is 16.2. The fourth-order valence-electron chi connectivity index (χ4n) is 3.87. The van der Waals surface area contributed by atoms with E-state index in [1.54, 1.807) is 27.8 Å². The van der Waals surface area contributed by atoms with Crippen LogP contribution in [0.25, 0.3) is 5.69 Å². The molecular weight excluding hydrogens is 497 g/mol. The van der Waals surface area contributed by atoms with Crippen molar-refractivity contribution < 1.29 is 9.59 Å². The molecule has 9 nitrogen and oxygen atoms in total. The third-order valence-corrected chi connectivity index (χ3v) is 6.84. The van der Waals surface area contributed by atoms with E-state index in [0.717, 1.165) is 11.4 Å². The van der Waals surface area contributed by atoms with Gasteiger partial charge in [0, 0.05) is 46.2 Å². The lowest BCUT2D eigenvalue weighted by molar-refractivity contribution is -0.123. The molecule has 1 saturated heterocycles. The van der Waals surface area contributed by atoms with E-state index in [1.165, 1.54) is 11.8 Å². The normalized spacial score (nSPS) is 14.4. The second-order valence-corrected chi connectivity index (χ2v) is 9.93. The molecule has 0 saturated carbocycles. The Hall–Kier alpha value is -2.69. The first-order valence-corrected chi connectivity index (χ1v) is 12.4. The van der Waals surface area contributed by atoms with Crippen molar-refractivity contribution >= 4 is 46.8 Å². The molecule has 3 aromatic rings. The number of rotatable bonds is 6. The van der Waals surface area contributed by atoms with Crippen LogP contribution in [0.2, 0.25) is 10.0 Å². The summed E-state index contributed by atoms with van der Waals surface area (Å²) in [4.78, 5) is 35.5. The van der Waals surface area contributed by atoms with Gasteiger partial charge in [0.2, 0.25) is 5.91 Å². The summed E-state index contributed by atoms with van der Waals surface area (Å²) < 4.78 is 1.57. The monoisotopic (exact) mass is 519 g/mol. The first-order valence-electron chi connectivity index (χ1n) is 10.7. The molecule has 2 N–H and O–H groups in total. The summed E-state index contributed by atoms with van der Waals surface area (Å²) in [5, 5.41) is 9.94. The predicted octanol–water partition coefficient (Wildman–Crippen LogP) is 3.61. The summed E-state index contributed by atoms with van der Waals surface area (Å²) >= 11 is 13.8. The van der Waals surface area contributed by atoms with Crippen LogP contribution < -0.4 is 5.73 Å². The number of nitrogens with zero attached hydrogens (tertiary/aromatic N) is 6. The number of carbonyl (C=O) groups is 2. The summed E-state index contributed by atoms with van der Waals surface area (Å²) in [5.41, 5.74) is 8.54. The Morgan fingerprint density at radius 2 is 1.68 bits per heavy atom. The van der Waals surface area contributed by atoms with Gasteiger partial charge < -0.3 is 10.6 Å². The number of hydrogen-bond donors (Lipinski definition) is 1. The fraction of sp³-hybridized carbons (Fsp3) is 0.364. The highest BCUT2D eigenvalue weighted by atomic mass is 35.5. The van der Waals surface area contributed by atoms with Gasteiger partial charge in [0.25, 0.3) is 5.91 Å². The van der Waals surface area contributed by atoms with Gasteiger partial charge >= 0.3 is 0 Å². The van der Waals surface area contributed by atoms with Crippen molar-refractivity contribution in [3.8, 4) is 5.69 Å². The molecule has 0 radical (unpaired) electrons. The molecule has 0 spiro atoms. The van der Waals surface area contributed by atoms with Crippen molar-refractivity contribution in [2.45, 2.75) is 37.6 Å². The molecule has 2 amide bonds. The minimum atomic E-state index is -0.332. The van der Waals surface area contributed by atoms with Crippen molar-refractivity contribution in [1.82, 2.24) is 29.9 Å². The topological polar surface area (TPSA) is 120 Å². The molecular formula is C22H23Cl2N7O2S. The lowest BCUT2D eigenvalue weighted by Gasteiger charge is -2.30. The molecule has 2 aromatic heterocycles. The average Bonchev–Trinajstić information content (AvgIpc) is 3.20. The number of carbonyl (C=O) groups excluding carboxylic acids is 2. The summed E-state index contributed by atoms with van der Waals surface area (Å²) in [6, 6.07) is 6.93. The Morgan fingerprint density at radius 3 is 2.26 bits per heavy atom. The highest BCUT2D eigenvalue weighted by molar-refractivity contribution is 7.98. The van der Waals surface area contributed by atoms with Gasteiger partial charge in [-0.05, 0) is 51.0 Å². The van der Waals surface area contributed by atoms with Crippen molar-refractivity contribution in [2.75, 3.05) is 13.1 Å². The quantitative estimate of drug-likeness (QED) is 0.390. The van der Waals surface area contributed by atoms with Crippen LogP contribution in [0.3, 0.4) is 0 Å². The molecule has 3 heterocycles. The van der Waals surface area contributed by atoms with E-state index in [4.69, 9.17) is 28.9 Å². The van der Waals surface area contributed by atoms with Gasteiger partial charge in [-0.25, -0.2) is 14.6 Å². The van der Waals surface area contributed by atoms with Gasteiger partial charge in [0.15, 0.2) is 10.9 Å². The van der Waals surface area contributed by atoms with E-state index in [9.17, 15) is 9.59 Å². The van der Waals surface area contributed by atoms with Crippen LogP contribution in [-0.2, 0) is 10.5 Å². The van der Waals surface area contributed by atoms with Gasteiger partial charge in [-0.3, -0.25) is 9.59 Å². The van der Waals surface area contributed by atoms with Crippen LogP contribution >= 0.6 is 35.0 Å². The highest BCUT2D eigenvalue weighted by Crippen LogP contribution is 2.28. The van der Waals surface area contributed by atoms with E-state index < -0.39 is 0 Å². The van der Waals surface area contributed by atoms with Crippen LogP contribution in [0.5, 0.6) is 0 Å². The fourth-order valence-corrected chi connectivity index (χ4v) is 5.33. The van der Waals surface area contributed by atoms with Gasteiger partial charge in [0.05, 0.1) is 11.4 Å². The van der Waals surface area contributed by atoms with Gasteiger partial charge in [-0.2, -0.15) is 0 Å². The molecule has 1 aliphatic heterocycles. The van der Waals surface area contributed by atoms with Crippen LogP contribution in [-0.4, -0.2) is 54.8 Å². The van der Waals surface area contributed by atoms with Crippen molar-refractivity contribution in [2.24, 2.45) is 11.7 Å². The van der Waals surface area contributed by atoms with Crippen molar-refractivity contribution in [1.29, 1.82) is 0 Å². The molecule has 4 rings (SSSR count). The van der Waals surface area contributed by atoms with Crippen LogP contribution in [0, 0.1) is 19.8 Å². The van der Waals surface area contributed by atoms with Crippen LogP contribution in [0.4, 0.5) is 0 Å². The summed E-state index contributed by atoms with van der Waals surface area (Å²) in [6.07, 6.45) is 1.05. The molecule has 0 unspecified atom stereocenters. The number of piperidine rings is 1. The zero-order chi connectivity index (χ0) is 24.4.